The molecule has 1 aromatic carbocycles. The number of allylic oxidation sites excluding steroid dienone is 1. The minimum atomic E-state index is 0.590. The Kier molecular flexibility index (Phi) is 4.30. The third kappa shape index (κ3) is 2.93. The first kappa shape index (κ1) is 12.7. The minimum absolute atomic E-state index is 0.590. The maximum atomic E-state index is 4.63. The van der Waals surface area contributed by atoms with Gasteiger partial charge in [-0.1, -0.05) is 19.1 Å². The molecule has 1 atom stereocenters. The van der Waals surface area contributed by atoms with Crippen molar-refractivity contribution in [2.45, 2.75) is 37.0 Å². The van der Waals surface area contributed by atoms with Crippen molar-refractivity contribution in [2.24, 2.45) is 0 Å². The van der Waals surface area contributed by atoms with Crippen LogP contribution in [0.15, 0.2) is 29.7 Å². The van der Waals surface area contributed by atoms with Crippen molar-refractivity contribution < 1.29 is 0 Å². The van der Waals surface area contributed by atoms with Crippen LogP contribution in [0.1, 0.15) is 36.0 Å². The molecule has 2 rings (SSSR count). The van der Waals surface area contributed by atoms with E-state index in [0.717, 1.165) is 37.2 Å². The van der Waals surface area contributed by atoms with Crippen LogP contribution in [0.4, 0.5) is 0 Å². The molecular formula is C15H21NS. The van der Waals surface area contributed by atoms with Gasteiger partial charge in [0.15, 0.2) is 0 Å². The van der Waals surface area contributed by atoms with Crippen LogP contribution >= 0.6 is 12.6 Å². The highest BCUT2D eigenvalue weighted by Crippen LogP contribution is 2.28. The normalized spacial score (nSPS) is 19.5. The average molecular weight is 247 g/mol. The Morgan fingerprint density at radius 2 is 2.35 bits per heavy atom. The molecule has 0 saturated heterocycles. The highest BCUT2D eigenvalue weighted by Gasteiger charge is 2.16. The summed E-state index contributed by atoms with van der Waals surface area (Å²) in [7, 11) is 0. The molecule has 2 heteroatoms. The van der Waals surface area contributed by atoms with Crippen LogP contribution < -0.4 is 5.32 Å². The lowest BCUT2D eigenvalue weighted by molar-refractivity contribution is 0.644. The summed E-state index contributed by atoms with van der Waals surface area (Å²) < 4.78 is 0. The third-order valence-corrected chi connectivity index (χ3v) is 3.93. The lowest BCUT2D eigenvalue weighted by Gasteiger charge is -2.15. The highest BCUT2D eigenvalue weighted by molar-refractivity contribution is 7.80. The summed E-state index contributed by atoms with van der Waals surface area (Å²) in [5.41, 5.74) is 4.34. The zero-order chi connectivity index (χ0) is 12.3. The molecule has 1 unspecified atom stereocenters. The van der Waals surface area contributed by atoms with Crippen LogP contribution in [-0.4, -0.2) is 13.1 Å². The van der Waals surface area contributed by atoms with Crippen LogP contribution in [-0.2, 0) is 12.8 Å². The van der Waals surface area contributed by atoms with Crippen molar-refractivity contribution in [1.82, 2.24) is 5.32 Å². The molecule has 0 aromatic heterocycles. The van der Waals surface area contributed by atoms with E-state index in [1.165, 1.54) is 16.7 Å². The Labute approximate surface area is 110 Å². The summed E-state index contributed by atoms with van der Waals surface area (Å²) in [4.78, 5) is 1.14. The van der Waals surface area contributed by atoms with Crippen LogP contribution in [0.5, 0.6) is 0 Å². The zero-order valence-electron chi connectivity index (χ0n) is 10.5. The van der Waals surface area contributed by atoms with E-state index in [-0.39, 0.29) is 0 Å². The Bertz CT molecular complexity index is 412. The monoisotopic (exact) mass is 247 g/mol. The highest BCUT2D eigenvalue weighted by atomic mass is 32.1. The molecule has 0 spiro atoms. The summed E-state index contributed by atoms with van der Waals surface area (Å²) >= 11 is 4.63. The lowest BCUT2D eigenvalue weighted by Crippen LogP contribution is -2.18. The molecule has 1 heterocycles. The SMILES string of the molecule is C=CCCc1cc2c(cc1S)C(C)CNCC2. The van der Waals surface area contributed by atoms with Crippen molar-refractivity contribution in [3.63, 3.8) is 0 Å². The van der Waals surface area contributed by atoms with Crippen molar-refractivity contribution in [1.29, 1.82) is 0 Å². The Morgan fingerprint density at radius 3 is 3.12 bits per heavy atom. The number of aryl methyl sites for hydroxylation is 1. The molecular weight excluding hydrogens is 226 g/mol. The minimum Gasteiger partial charge on any atom is -0.316 e. The number of nitrogens with one attached hydrogen (secondary N) is 1. The fourth-order valence-electron chi connectivity index (χ4n) is 2.48. The van der Waals surface area contributed by atoms with Crippen LogP contribution in [0.25, 0.3) is 0 Å². The average Bonchev–Trinajstić information content (AvgIpc) is 2.49. The van der Waals surface area contributed by atoms with Gasteiger partial charge < -0.3 is 5.32 Å². The molecule has 1 nitrogen and oxygen atoms in total. The topological polar surface area (TPSA) is 12.0 Å². The molecule has 0 fully saturated rings. The summed E-state index contributed by atoms with van der Waals surface area (Å²) in [6.45, 7) is 8.23. The van der Waals surface area contributed by atoms with Crippen LogP contribution in [0.3, 0.4) is 0 Å². The van der Waals surface area contributed by atoms with Crippen molar-refractivity contribution in [2.75, 3.05) is 13.1 Å². The summed E-state index contributed by atoms with van der Waals surface area (Å²) in [6, 6.07) is 4.62. The second-order valence-corrected chi connectivity index (χ2v) is 5.34. The molecule has 17 heavy (non-hydrogen) atoms. The third-order valence-electron chi connectivity index (χ3n) is 3.51. The van der Waals surface area contributed by atoms with E-state index in [9.17, 15) is 0 Å². The Morgan fingerprint density at radius 1 is 1.53 bits per heavy atom. The van der Waals surface area contributed by atoms with E-state index in [0.29, 0.717) is 5.92 Å². The predicted molar refractivity (Wildman–Crippen MR) is 77.2 cm³/mol. The second-order valence-electron chi connectivity index (χ2n) is 4.86. The van der Waals surface area contributed by atoms with Gasteiger partial charge in [0.2, 0.25) is 0 Å². The molecule has 0 bridgehead atoms. The molecule has 1 aliphatic heterocycles. The molecule has 1 N–H and O–H groups in total. The predicted octanol–water partition coefficient (Wildman–Crippen LogP) is 3.34. The van der Waals surface area contributed by atoms with E-state index in [1.54, 1.807) is 0 Å². The van der Waals surface area contributed by atoms with E-state index in [2.05, 4.69) is 43.6 Å². The van der Waals surface area contributed by atoms with Crippen molar-refractivity contribution in [3.8, 4) is 0 Å². The molecule has 0 saturated carbocycles. The van der Waals surface area contributed by atoms with E-state index >= 15 is 0 Å². The molecule has 0 aliphatic carbocycles. The molecule has 1 aliphatic rings. The smallest absolute Gasteiger partial charge is 0.00752 e. The van der Waals surface area contributed by atoms with Gasteiger partial charge in [0, 0.05) is 11.4 Å². The van der Waals surface area contributed by atoms with Gasteiger partial charge in [-0.3, -0.25) is 0 Å². The van der Waals surface area contributed by atoms with Gasteiger partial charge in [-0.2, -0.15) is 0 Å². The number of rotatable bonds is 3. The molecule has 92 valence electrons. The van der Waals surface area contributed by atoms with E-state index in [1.807, 2.05) is 6.08 Å². The molecule has 1 aromatic rings. The number of fused-ring (bicyclic) bond motifs is 1. The zero-order valence-corrected chi connectivity index (χ0v) is 11.4. The van der Waals surface area contributed by atoms with Gasteiger partial charge in [0.25, 0.3) is 0 Å². The van der Waals surface area contributed by atoms with E-state index < -0.39 is 0 Å². The number of thiol groups is 1. The van der Waals surface area contributed by atoms with Gasteiger partial charge in [-0.05, 0) is 54.5 Å². The van der Waals surface area contributed by atoms with Crippen LogP contribution in [0.2, 0.25) is 0 Å². The van der Waals surface area contributed by atoms with Crippen molar-refractivity contribution >= 4 is 12.6 Å². The first-order chi connectivity index (χ1) is 8.22. The van der Waals surface area contributed by atoms with E-state index in [4.69, 9.17) is 0 Å². The number of benzene rings is 1. The first-order valence-corrected chi connectivity index (χ1v) is 6.83. The summed E-state index contributed by atoms with van der Waals surface area (Å²) in [5.74, 6) is 0.590. The lowest BCUT2D eigenvalue weighted by atomic mass is 9.92. The van der Waals surface area contributed by atoms with Gasteiger partial charge in [0.05, 0.1) is 0 Å². The first-order valence-electron chi connectivity index (χ1n) is 6.38. The number of hydrogen-bond donors (Lipinski definition) is 2. The second kappa shape index (κ2) is 5.74. The van der Waals surface area contributed by atoms with Crippen molar-refractivity contribution in [3.05, 3.63) is 41.5 Å². The fourth-order valence-corrected chi connectivity index (χ4v) is 2.80. The summed E-state index contributed by atoms with van der Waals surface area (Å²) in [5, 5.41) is 3.48. The maximum Gasteiger partial charge on any atom is 0.00752 e. The summed E-state index contributed by atoms with van der Waals surface area (Å²) in [6.07, 6.45) is 5.19. The van der Waals surface area contributed by atoms with Gasteiger partial charge in [-0.15, -0.1) is 19.2 Å². The quantitative estimate of drug-likeness (QED) is 0.616. The Balaban J connectivity index is 2.33. The molecule has 0 amide bonds. The van der Waals surface area contributed by atoms with Gasteiger partial charge in [-0.25, -0.2) is 0 Å². The standard InChI is InChI=1S/C15H21NS/c1-3-4-5-13-8-12-6-7-16-10-11(2)14(12)9-15(13)17/h3,8-9,11,16-17H,1,4-7,10H2,2H3. The molecule has 0 radical (unpaired) electrons. The number of hydrogen-bond acceptors (Lipinski definition) is 2. The van der Waals surface area contributed by atoms with Gasteiger partial charge in [0.1, 0.15) is 0 Å². The largest absolute Gasteiger partial charge is 0.316 e. The van der Waals surface area contributed by atoms with Crippen LogP contribution in [0, 0.1) is 0 Å². The maximum absolute atomic E-state index is 4.63. The van der Waals surface area contributed by atoms with Gasteiger partial charge >= 0.3 is 0 Å². The fraction of sp³-hybridized carbons (Fsp3) is 0.467. The Hall–Kier alpha value is -0.730.